The third-order valence-electron chi connectivity index (χ3n) is 3.45. The number of nitrogens with two attached hydrogens (primary N) is 1. The molecule has 0 bridgehead atoms. The molecule has 0 atom stereocenters. The predicted molar refractivity (Wildman–Crippen MR) is 89.0 cm³/mol. The Morgan fingerprint density at radius 3 is 2.62 bits per heavy atom. The maximum atomic E-state index is 12.6. The topological polar surface area (TPSA) is 99.6 Å². The van der Waals surface area contributed by atoms with Gasteiger partial charge in [0.15, 0.2) is 17.1 Å². The standard InChI is InChI=1S/C16H12ClNO5S/c1-22-12-4-2-3-10-7-13(23-16(10)12)15(19)9-5-6-11(17)14(8-9)24(18,20)21/h2-8H,1H3,(H2,18,20,21). The molecule has 0 saturated heterocycles. The summed E-state index contributed by atoms with van der Waals surface area (Å²) in [6.45, 7) is 0. The van der Waals surface area contributed by atoms with E-state index in [1.807, 2.05) is 0 Å². The molecule has 1 aromatic heterocycles. The highest BCUT2D eigenvalue weighted by molar-refractivity contribution is 7.89. The van der Waals surface area contributed by atoms with E-state index in [2.05, 4.69) is 0 Å². The van der Waals surface area contributed by atoms with Crippen molar-refractivity contribution in [3.8, 4) is 5.75 Å². The summed E-state index contributed by atoms with van der Waals surface area (Å²) in [6, 6.07) is 10.7. The molecule has 2 N–H and O–H groups in total. The number of hydrogen-bond acceptors (Lipinski definition) is 5. The van der Waals surface area contributed by atoms with Crippen LogP contribution < -0.4 is 9.88 Å². The van der Waals surface area contributed by atoms with E-state index in [4.69, 9.17) is 25.9 Å². The van der Waals surface area contributed by atoms with Crippen LogP contribution in [-0.2, 0) is 10.0 Å². The summed E-state index contributed by atoms with van der Waals surface area (Å²) in [5, 5.41) is 5.74. The highest BCUT2D eigenvalue weighted by atomic mass is 35.5. The van der Waals surface area contributed by atoms with Crippen LogP contribution in [0.4, 0.5) is 0 Å². The molecule has 0 amide bonds. The maximum absolute atomic E-state index is 12.6. The van der Waals surface area contributed by atoms with Gasteiger partial charge in [-0.2, -0.15) is 0 Å². The van der Waals surface area contributed by atoms with Crippen LogP contribution in [0.25, 0.3) is 11.0 Å². The van der Waals surface area contributed by atoms with Crippen molar-refractivity contribution in [2.24, 2.45) is 5.14 Å². The number of carbonyl (C=O) groups excluding carboxylic acids is 1. The van der Waals surface area contributed by atoms with E-state index in [1.165, 1.54) is 19.2 Å². The zero-order valence-electron chi connectivity index (χ0n) is 12.4. The summed E-state index contributed by atoms with van der Waals surface area (Å²) < 4.78 is 33.8. The smallest absolute Gasteiger partial charge is 0.239 e. The summed E-state index contributed by atoms with van der Waals surface area (Å²) in [6.07, 6.45) is 0. The van der Waals surface area contributed by atoms with Crippen molar-refractivity contribution in [1.29, 1.82) is 0 Å². The van der Waals surface area contributed by atoms with Crippen molar-refractivity contribution in [3.05, 3.63) is 58.8 Å². The number of ketones is 1. The fourth-order valence-corrected chi connectivity index (χ4v) is 3.39. The molecule has 0 saturated carbocycles. The second-order valence-electron chi connectivity index (χ2n) is 5.01. The van der Waals surface area contributed by atoms with Gasteiger partial charge in [0, 0.05) is 10.9 Å². The molecule has 6 nitrogen and oxygen atoms in total. The van der Waals surface area contributed by atoms with Gasteiger partial charge in [0.1, 0.15) is 4.90 Å². The van der Waals surface area contributed by atoms with Gasteiger partial charge in [-0.1, -0.05) is 23.7 Å². The van der Waals surface area contributed by atoms with Crippen molar-refractivity contribution in [2.45, 2.75) is 4.90 Å². The number of benzene rings is 2. The molecule has 0 aliphatic heterocycles. The predicted octanol–water partition coefficient (Wildman–Crippen LogP) is 2.97. The zero-order valence-corrected chi connectivity index (χ0v) is 14.0. The lowest BCUT2D eigenvalue weighted by Crippen LogP contribution is -2.14. The van der Waals surface area contributed by atoms with Crippen LogP contribution >= 0.6 is 11.6 Å². The molecule has 3 aromatic rings. The van der Waals surface area contributed by atoms with Gasteiger partial charge >= 0.3 is 0 Å². The number of rotatable bonds is 4. The van der Waals surface area contributed by atoms with Crippen molar-refractivity contribution in [2.75, 3.05) is 7.11 Å². The van der Waals surface area contributed by atoms with Gasteiger partial charge in [0.2, 0.25) is 15.8 Å². The van der Waals surface area contributed by atoms with Crippen LogP contribution in [0.2, 0.25) is 5.02 Å². The first-order valence-electron chi connectivity index (χ1n) is 6.75. The third kappa shape index (κ3) is 2.89. The Hall–Kier alpha value is -2.35. The minimum Gasteiger partial charge on any atom is -0.493 e. The number of ether oxygens (including phenoxy) is 1. The van der Waals surface area contributed by atoms with Gasteiger partial charge in [-0.15, -0.1) is 0 Å². The number of primary sulfonamides is 1. The summed E-state index contributed by atoms with van der Waals surface area (Å²) in [4.78, 5) is 12.3. The van der Waals surface area contributed by atoms with Crippen molar-refractivity contribution >= 4 is 38.4 Å². The van der Waals surface area contributed by atoms with Crippen LogP contribution in [0.5, 0.6) is 5.75 Å². The number of halogens is 1. The zero-order chi connectivity index (χ0) is 17.5. The quantitative estimate of drug-likeness (QED) is 0.716. The molecule has 1 heterocycles. The van der Waals surface area contributed by atoms with E-state index < -0.39 is 15.8 Å². The van der Waals surface area contributed by atoms with Crippen molar-refractivity contribution in [1.82, 2.24) is 0 Å². The molecule has 0 fully saturated rings. The van der Waals surface area contributed by atoms with E-state index in [1.54, 1.807) is 24.3 Å². The first-order chi connectivity index (χ1) is 11.3. The molecule has 2 aromatic carbocycles. The summed E-state index contributed by atoms with van der Waals surface area (Å²) in [5.41, 5.74) is 0.533. The maximum Gasteiger partial charge on any atom is 0.239 e. The lowest BCUT2D eigenvalue weighted by atomic mass is 10.1. The summed E-state index contributed by atoms with van der Waals surface area (Å²) in [7, 11) is -2.55. The highest BCUT2D eigenvalue weighted by Gasteiger charge is 2.20. The van der Waals surface area contributed by atoms with Gasteiger partial charge in [-0.3, -0.25) is 4.79 Å². The molecule has 3 rings (SSSR count). The van der Waals surface area contributed by atoms with Crippen LogP contribution in [0.15, 0.2) is 51.8 Å². The molecule has 8 heteroatoms. The molecular formula is C16H12ClNO5S. The number of fused-ring (bicyclic) bond motifs is 1. The highest BCUT2D eigenvalue weighted by Crippen LogP contribution is 2.30. The van der Waals surface area contributed by atoms with Gasteiger partial charge < -0.3 is 9.15 Å². The number of sulfonamides is 1. The van der Waals surface area contributed by atoms with Crippen molar-refractivity contribution < 1.29 is 22.4 Å². The Morgan fingerprint density at radius 2 is 1.96 bits per heavy atom. The second kappa shape index (κ2) is 5.94. The minimum absolute atomic E-state index is 0.0530. The summed E-state index contributed by atoms with van der Waals surface area (Å²) >= 11 is 5.82. The first-order valence-corrected chi connectivity index (χ1v) is 8.67. The lowest BCUT2D eigenvalue weighted by molar-refractivity contribution is 0.101. The number of para-hydroxylation sites is 1. The average Bonchev–Trinajstić information content (AvgIpc) is 2.97. The minimum atomic E-state index is -4.04. The van der Waals surface area contributed by atoms with Gasteiger partial charge in [-0.25, -0.2) is 13.6 Å². The van der Waals surface area contributed by atoms with Gasteiger partial charge in [-0.05, 0) is 30.3 Å². The van der Waals surface area contributed by atoms with Gasteiger partial charge in [0.05, 0.1) is 12.1 Å². The van der Waals surface area contributed by atoms with Crippen LogP contribution in [0.1, 0.15) is 16.1 Å². The van der Waals surface area contributed by atoms with E-state index >= 15 is 0 Å². The molecule has 0 radical (unpaired) electrons. The number of methoxy groups -OCH3 is 1. The second-order valence-corrected chi connectivity index (χ2v) is 6.95. The Kier molecular flexibility index (Phi) is 4.08. The van der Waals surface area contributed by atoms with E-state index in [0.717, 1.165) is 6.07 Å². The van der Waals surface area contributed by atoms with Crippen LogP contribution in [0.3, 0.4) is 0 Å². The summed E-state index contributed by atoms with van der Waals surface area (Å²) in [5.74, 6) is 0.0555. The van der Waals surface area contributed by atoms with E-state index in [9.17, 15) is 13.2 Å². The molecule has 24 heavy (non-hydrogen) atoms. The molecule has 124 valence electrons. The number of furan rings is 1. The molecular weight excluding hydrogens is 354 g/mol. The SMILES string of the molecule is COc1cccc2cc(C(=O)c3ccc(Cl)c(S(N)(=O)=O)c3)oc12. The largest absolute Gasteiger partial charge is 0.493 e. The fourth-order valence-electron chi connectivity index (χ4n) is 2.31. The van der Waals surface area contributed by atoms with E-state index in [0.29, 0.717) is 16.7 Å². The lowest BCUT2D eigenvalue weighted by Gasteiger charge is -2.04. The molecule has 0 aliphatic rings. The Labute approximate surface area is 142 Å². The van der Waals surface area contributed by atoms with Gasteiger partial charge in [0.25, 0.3) is 0 Å². The average molecular weight is 366 g/mol. The molecule has 0 unspecified atom stereocenters. The Bertz CT molecular complexity index is 1060. The number of carbonyl (C=O) groups is 1. The fraction of sp³-hybridized carbons (Fsp3) is 0.0625. The Morgan fingerprint density at radius 1 is 1.21 bits per heavy atom. The van der Waals surface area contributed by atoms with E-state index in [-0.39, 0.29) is 21.2 Å². The van der Waals surface area contributed by atoms with Crippen LogP contribution in [0, 0.1) is 0 Å². The van der Waals surface area contributed by atoms with Crippen molar-refractivity contribution in [3.63, 3.8) is 0 Å². The third-order valence-corrected chi connectivity index (χ3v) is 4.84. The Balaban J connectivity index is 2.10. The molecule has 0 spiro atoms. The number of hydrogen-bond donors (Lipinski definition) is 1. The first kappa shape index (κ1) is 16.5. The molecule has 0 aliphatic carbocycles. The monoisotopic (exact) mass is 365 g/mol. The normalized spacial score (nSPS) is 11.6. The van der Waals surface area contributed by atoms with Crippen LogP contribution in [-0.4, -0.2) is 21.3 Å².